The summed E-state index contributed by atoms with van der Waals surface area (Å²) in [7, 11) is 0. The predicted molar refractivity (Wildman–Crippen MR) is 384 cm³/mol. The molecule has 0 aliphatic rings. The number of nitrogens with one attached hydrogen (secondary N) is 1. The molecule has 1 amide bonds. The number of esters is 1. The highest BCUT2D eigenvalue weighted by Crippen LogP contribution is 2.20. The van der Waals surface area contributed by atoms with Crippen LogP contribution in [0.2, 0.25) is 0 Å². The average molecular weight is 1230 g/mol. The maximum atomic E-state index is 12.6. The lowest BCUT2D eigenvalue weighted by Crippen LogP contribution is -2.45. The molecule has 0 fully saturated rings. The molecule has 6 nitrogen and oxygen atoms in total. The minimum Gasteiger partial charge on any atom is -0.466 e. The van der Waals surface area contributed by atoms with Gasteiger partial charge in [0.2, 0.25) is 5.91 Å². The van der Waals surface area contributed by atoms with Gasteiger partial charge in [0.1, 0.15) is 0 Å². The van der Waals surface area contributed by atoms with Crippen molar-refractivity contribution in [2.75, 3.05) is 13.2 Å². The van der Waals surface area contributed by atoms with Gasteiger partial charge in [0.05, 0.1) is 25.4 Å². The van der Waals surface area contributed by atoms with E-state index in [0.29, 0.717) is 19.4 Å². The summed E-state index contributed by atoms with van der Waals surface area (Å²) in [5, 5.41) is 23.3. The first kappa shape index (κ1) is 85.6. The van der Waals surface area contributed by atoms with Crippen molar-refractivity contribution in [2.45, 2.75) is 482 Å². The summed E-state index contributed by atoms with van der Waals surface area (Å²) in [6, 6.07) is -0.626. The van der Waals surface area contributed by atoms with Gasteiger partial charge in [0, 0.05) is 12.8 Å². The molecule has 0 bridgehead atoms. The van der Waals surface area contributed by atoms with Crippen LogP contribution in [0.3, 0.4) is 0 Å². The van der Waals surface area contributed by atoms with E-state index in [1.165, 1.54) is 405 Å². The average Bonchev–Trinajstić information content (AvgIpc) is 3.54. The first-order valence-corrected chi connectivity index (χ1v) is 40.5. The van der Waals surface area contributed by atoms with E-state index in [1.807, 2.05) is 6.08 Å². The number of allylic oxidation sites excluding steroid dienone is 1. The zero-order valence-electron chi connectivity index (χ0n) is 59.5. The standard InChI is InChI=1S/C81H159NO5/c1-3-5-7-9-11-13-15-17-19-20-21-22-23-30-33-36-39-42-46-49-53-57-61-65-69-73-79(84)78(77-83)82-80(85)74-70-66-62-58-54-50-47-43-40-37-34-31-28-26-24-25-27-29-32-35-38-41-44-48-52-56-60-64-68-72-76-87-81(86)75-71-67-63-59-55-51-45-18-16-14-12-10-8-6-4-2/h69,73,78-79,83-84H,3-68,70-72,74-77H2,1-2H3,(H,82,85)/b73-69+. The second-order valence-electron chi connectivity index (χ2n) is 28.1. The lowest BCUT2D eigenvalue weighted by Gasteiger charge is -2.20. The summed E-state index contributed by atoms with van der Waals surface area (Å²) < 4.78 is 5.51. The van der Waals surface area contributed by atoms with Crippen LogP contribution < -0.4 is 5.32 Å². The van der Waals surface area contributed by atoms with Crippen molar-refractivity contribution < 1.29 is 24.5 Å². The SMILES string of the molecule is CCCCCCCCCCCCCCCCCCCCCCCCC/C=C/C(O)C(CO)NC(=O)CCCCCCCCCCCCCCCCCCCCCCCCCCCCCCCCOC(=O)CCCCCCCCCCCCCCCCC. The van der Waals surface area contributed by atoms with Crippen LogP contribution >= 0.6 is 0 Å². The molecule has 0 aliphatic heterocycles. The molecule has 6 heteroatoms. The second kappa shape index (κ2) is 77.1. The van der Waals surface area contributed by atoms with Gasteiger partial charge < -0.3 is 20.3 Å². The Bertz CT molecular complexity index is 1320. The number of hydrogen-bond acceptors (Lipinski definition) is 5. The smallest absolute Gasteiger partial charge is 0.305 e. The molecule has 0 saturated heterocycles. The number of ether oxygens (including phenoxy) is 1. The number of amides is 1. The summed E-state index contributed by atoms with van der Waals surface area (Å²) in [6.07, 6.45) is 97.7. The highest BCUT2D eigenvalue weighted by Gasteiger charge is 2.18. The zero-order valence-corrected chi connectivity index (χ0v) is 59.5. The molecule has 0 aliphatic carbocycles. The molecule has 0 spiro atoms. The fraction of sp³-hybridized carbons (Fsp3) is 0.951. The van der Waals surface area contributed by atoms with Crippen molar-refractivity contribution in [1.29, 1.82) is 0 Å². The Labute approximate surface area is 546 Å². The van der Waals surface area contributed by atoms with Crippen LogP contribution in [-0.2, 0) is 14.3 Å². The summed E-state index contributed by atoms with van der Waals surface area (Å²) in [6.45, 7) is 4.97. The van der Waals surface area contributed by atoms with E-state index in [9.17, 15) is 19.8 Å². The summed E-state index contributed by atoms with van der Waals surface area (Å²) >= 11 is 0. The van der Waals surface area contributed by atoms with Gasteiger partial charge in [0.25, 0.3) is 0 Å². The van der Waals surface area contributed by atoms with E-state index < -0.39 is 12.1 Å². The molecule has 0 rings (SSSR count). The molecule has 518 valence electrons. The van der Waals surface area contributed by atoms with E-state index in [2.05, 4.69) is 19.2 Å². The van der Waals surface area contributed by atoms with E-state index in [0.717, 1.165) is 38.5 Å². The lowest BCUT2D eigenvalue weighted by atomic mass is 10.0. The van der Waals surface area contributed by atoms with Gasteiger partial charge in [-0.15, -0.1) is 0 Å². The number of rotatable bonds is 77. The van der Waals surface area contributed by atoms with Gasteiger partial charge in [-0.25, -0.2) is 0 Å². The topological polar surface area (TPSA) is 95.9 Å². The van der Waals surface area contributed by atoms with Crippen molar-refractivity contribution in [1.82, 2.24) is 5.32 Å². The number of aliphatic hydroxyl groups is 2. The Morgan fingerprint density at radius 1 is 0.310 bits per heavy atom. The molecule has 0 saturated carbocycles. The molecule has 2 unspecified atom stereocenters. The van der Waals surface area contributed by atoms with Crippen molar-refractivity contribution in [2.24, 2.45) is 0 Å². The van der Waals surface area contributed by atoms with Crippen molar-refractivity contribution in [3.05, 3.63) is 12.2 Å². The van der Waals surface area contributed by atoms with Crippen molar-refractivity contribution in [3.63, 3.8) is 0 Å². The van der Waals surface area contributed by atoms with Gasteiger partial charge in [-0.05, 0) is 32.1 Å². The van der Waals surface area contributed by atoms with E-state index in [4.69, 9.17) is 4.74 Å². The molecule has 3 N–H and O–H groups in total. The van der Waals surface area contributed by atoms with E-state index >= 15 is 0 Å². The molecule has 0 heterocycles. The number of unbranched alkanes of at least 4 members (excludes halogenated alkanes) is 66. The predicted octanol–water partition coefficient (Wildman–Crippen LogP) is 26.7. The number of carbonyl (C=O) groups is 2. The van der Waals surface area contributed by atoms with Gasteiger partial charge in [0.15, 0.2) is 0 Å². The molecule has 0 aromatic rings. The number of aliphatic hydroxyl groups excluding tert-OH is 2. The Morgan fingerprint density at radius 3 is 0.782 bits per heavy atom. The first-order chi connectivity index (χ1) is 43.0. The van der Waals surface area contributed by atoms with Crippen LogP contribution in [0.5, 0.6) is 0 Å². The Balaban J connectivity index is 3.35. The second-order valence-corrected chi connectivity index (χ2v) is 28.1. The van der Waals surface area contributed by atoms with E-state index in [1.54, 1.807) is 6.08 Å². The summed E-state index contributed by atoms with van der Waals surface area (Å²) in [5.74, 6) is -0.0340. The van der Waals surface area contributed by atoms with Crippen LogP contribution in [0.25, 0.3) is 0 Å². The Morgan fingerprint density at radius 2 is 0.529 bits per heavy atom. The molecule has 0 radical (unpaired) electrons. The van der Waals surface area contributed by atoms with Crippen LogP contribution in [-0.4, -0.2) is 47.4 Å². The minimum absolute atomic E-state index is 0.0241. The third kappa shape index (κ3) is 73.5. The summed E-state index contributed by atoms with van der Waals surface area (Å²) in [5.41, 5.74) is 0. The Kier molecular flexibility index (Phi) is 75.8. The van der Waals surface area contributed by atoms with Crippen LogP contribution in [0, 0.1) is 0 Å². The first-order valence-electron chi connectivity index (χ1n) is 40.5. The zero-order chi connectivity index (χ0) is 62.8. The third-order valence-corrected chi connectivity index (χ3v) is 19.3. The third-order valence-electron chi connectivity index (χ3n) is 19.3. The fourth-order valence-electron chi connectivity index (χ4n) is 13.2. The fourth-order valence-corrected chi connectivity index (χ4v) is 13.2. The minimum atomic E-state index is -0.843. The monoisotopic (exact) mass is 1230 g/mol. The summed E-state index contributed by atoms with van der Waals surface area (Å²) in [4.78, 5) is 24.7. The van der Waals surface area contributed by atoms with Crippen molar-refractivity contribution in [3.8, 4) is 0 Å². The van der Waals surface area contributed by atoms with Crippen LogP contribution in [0.1, 0.15) is 470 Å². The lowest BCUT2D eigenvalue weighted by molar-refractivity contribution is -0.143. The van der Waals surface area contributed by atoms with Crippen LogP contribution in [0.4, 0.5) is 0 Å². The molecular formula is C81H159NO5. The molecule has 0 aromatic heterocycles. The molecule has 0 aromatic carbocycles. The maximum absolute atomic E-state index is 12.6. The van der Waals surface area contributed by atoms with Crippen LogP contribution in [0.15, 0.2) is 12.2 Å². The van der Waals surface area contributed by atoms with Gasteiger partial charge in [-0.3, -0.25) is 9.59 Å². The van der Waals surface area contributed by atoms with Gasteiger partial charge in [-0.1, -0.05) is 437 Å². The van der Waals surface area contributed by atoms with E-state index in [-0.39, 0.29) is 18.5 Å². The molecule has 2 atom stereocenters. The van der Waals surface area contributed by atoms with Gasteiger partial charge in [-0.2, -0.15) is 0 Å². The maximum Gasteiger partial charge on any atom is 0.305 e. The molecule has 87 heavy (non-hydrogen) atoms. The quantitative estimate of drug-likeness (QED) is 0.0320. The highest BCUT2D eigenvalue weighted by molar-refractivity contribution is 5.76. The number of hydrogen-bond donors (Lipinski definition) is 3. The largest absolute Gasteiger partial charge is 0.466 e. The normalized spacial score (nSPS) is 12.5. The number of carbonyl (C=O) groups excluding carboxylic acids is 2. The molecular weight excluding hydrogens is 1070 g/mol. The van der Waals surface area contributed by atoms with Gasteiger partial charge >= 0.3 is 5.97 Å². The van der Waals surface area contributed by atoms with Crippen molar-refractivity contribution >= 4 is 11.9 Å². The Hall–Kier alpha value is -1.40. The highest BCUT2D eigenvalue weighted by atomic mass is 16.5.